The molecule has 1 unspecified atom stereocenters. The summed E-state index contributed by atoms with van der Waals surface area (Å²) in [6.07, 6.45) is 3.68. The smallest absolute Gasteiger partial charge is 0.147 e. The van der Waals surface area contributed by atoms with Gasteiger partial charge in [-0.1, -0.05) is 36.9 Å². The highest BCUT2D eigenvalue weighted by molar-refractivity contribution is 5.13. The number of benzene rings is 1. The number of hydrogen-bond donors (Lipinski definition) is 1. The molecular weight excluding hydrogens is 240 g/mol. The van der Waals surface area contributed by atoms with Crippen LogP contribution in [0.4, 0.5) is 0 Å². The zero-order chi connectivity index (χ0) is 13.8. The molecule has 0 radical (unpaired) electrons. The fourth-order valence-electron chi connectivity index (χ4n) is 1.63. The molecule has 0 heterocycles. The van der Waals surface area contributed by atoms with Crippen LogP contribution < -0.4 is 0 Å². The largest absolute Gasteiger partial charge is 0.388 e. The first kappa shape index (κ1) is 15.7. The first-order valence-electron chi connectivity index (χ1n) is 6.56. The van der Waals surface area contributed by atoms with Crippen LogP contribution in [0.15, 0.2) is 48.7 Å². The van der Waals surface area contributed by atoms with E-state index >= 15 is 0 Å². The van der Waals surface area contributed by atoms with Crippen molar-refractivity contribution < 1.29 is 14.6 Å². The predicted molar refractivity (Wildman–Crippen MR) is 75.6 cm³/mol. The van der Waals surface area contributed by atoms with Gasteiger partial charge in [0.05, 0.1) is 12.7 Å². The maximum absolute atomic E-state index is 9.39. The SMILES string of the molecule is C=C=CC(O)CCCCOCOCc1ccccc1. The normalized spacial score (nSPS) is 11.8. The molecule has 3 heteroatoms. The summed E-state index contributed by atoms with van der Waals surface area (Å²) < 4.78 is 10.7. The van der Waals surface area contributed by atoms with Gasteiger partial charge >= 0.3 is 0 Å². The average Bonchev–Trinajstić information content (AvgIpc) is 2.43. The lowest BCUT2D eigenvalue weighted by Crippen LogP contribution is -2.04. The molecule has 0 aromatic heterocycles. The summed E-state index contributed by atoms with van der Waals surface area (Å²) in [4.78, 5) is 0. The Balaban J connectivity index is 1.90. The monoisotopic (exact) mass is 262 g/mol. The highest BCUT2D eigenvalue weighted by Crippen LogP contribution is 2.03. The maximum Gasteiger partial charge on any atom is 0.147 e. The van der Waals surface area contributed by atoms with Gasteiger partial charge in [0.15, 0.2) is 0 Å². The number of unbranched alkanes of at least 4 members (excludes halogenated alkanes) is 1. The van der Waals surface area contributed by atoms with Crippen molar-refractivity contribution in [2.45, 2.75) is 32.0 Å². The van der Waals surface area contributed by atoms with Crippen LogP contribution in [-0.4, -0.2) is 24.6 Å². The third-order valence-electron chi connectivity index (χ3n) is 2.63. The minimum atomic E-state index is -0.438. The highest BCUT2D eigenvalue weighted by Gasteiger charge is 1.98. The van der Waals surface area contributed by atoms with E-state index in [1.165, 1.54) is 0 Å². The van der Waals surface area contributed by atoms with Crippen molar-refractivity contribution >= 4 is 0 Å². The van der Waals surface area contributed by atoms with Crippen molar-refractivity contribution in [3.8, 4) is 0 Å². The van der Waals surface area contributed by atoms with Crippen molar-refractivity contribution in [3.05, 3.63) is 54.3 Å². The van der Waals surface area contributed by atoms with Crippen LogP contribution in [-0.2, 0) is 16.1 Å². The third-order valence-corrected chi connectivity index (χ3v) is 2.63. The van der Waals surface area contributed by atoms with Crippen LogP contribution in [0.2, 0.25) is 0 Å². The molecule has 19 heavy (non-hydrogen) atoms. The van der Waals surface area contributed by atoms with Crippen molar-refractivity contribution in [2.24, 2.45) is 0 Å². The molecule has 1 aromatic rings. The topological polar surface area (TPSA) is 38.7 Å². The number of aliphatic hydroxyl groups excluding tert-OH is 1. The first-order valence-corrected chi connectivity index (χ1v) is 6.56. The standard InChI is InChI=1S/C16H22O3/c1-2-8-16(17)11-6-7-12-18-14-19-13-15-9-4-3-5-10-15/h3-5,8-10,16-17H,1,6-7,11-14H2. The number of rotatable bonds is 10. The van der Waals surface area contributed by atoms with Crippen molar-refractivity contribution in [3.63, 3.8) is 0 Å². The lowest BCUT2D eigenvalue weighted by Gasteiger charge is -2.07. The summed E-state index contributed by atoms with van der Waals surface area (Å²) in [5.74, 6) is 0. The minimum absolute atomic E-state index is 0.310. The fraction of sp³-hybridized carbons (Fsp3) is 0.438. The van der Waals surface area contributed by atoms with Gasteiger partial charge in [-0.05, 0) is 30.9 Å². The molecule has 0 aliphatic heterocycles. The summed E-state index contributed by atoms with van der Waals surface area (Å²) in [5.41, 5.74) is 3.72. The van der Waals surface area contributed by atoms with E-state index in [-0.39, 0.29) is 0 Å². The van der Waals surface area contributed by atoms with E-state index in [2.05, 4.69) is 12.3 Å². The Morgan fingerprint density at radius 2 is 2.00 bits per heavy atom. The van der Waals surface area contributed by atoms with Crippen molar-refractivity contribution in [1.82, 2.24) is 0 Å². The van der Waals surface area contributed by atoms with Gasteiger partial charge in [-0.25, -0.2) is 0 Å². The molecule has 0 amide bonds. The molecule has 1 atom stereocenters. The molecule has 0 saturated carbocycles. The van der Waals surface area contributed by atoms with Gasteiger partial charge in [0.1, 0.15) is 6.79 Å². The van der Waals surface area contributed by atoms with Crippen LogP contribution in [0.25, 0.3) is 0 Å². The molecule has 0 aliphatic carbocycles. The second kappa shape index (κ2) is 10.5. The molecule has 1 rings (SSSR count). The number of aliphatic hydroxyl groups is 1. The molecule has 3 nitrogen and oxygen atoms in total. The molecule has 1 aromatic carbocycles. The number of ether oxygens (including phenoxy) is 2. The Kier molecular flexibility index (Phi) is 8.69. The Bertz CT molecular complexity index is 369. The summed E-state index contributed by atoms with van der Waals surface area (Å²) in [6, 6.07) is 10.0. The molecule has 0 saturated heterocycles. The molecule has 0 aliphatic rings. The van der Waals surface area contributed by atoms with E-state index in [1.54, 1.807) is 6.08 Å². The van der Waals surface area contributed by atoms with Crippen LogP contribution in [0, 0.1) is 0 Å². The van der Waals surface area contributed by atoms with Gasteiger partial charge in [-0.2, -0.15) is 0 Å². The van der Waals surface area contributed by atoms with Crippen LogP contribution in [0.1, 0.15) is 24.8 Å². The molecule has 0 fully saturated rings. The lowest BCUT2D eigenvalue weighted by molar-refractivity contribution is -0.0625. The number of hydrogen-bond acceptors (Lipinski definition) is 3. The molecule has 0 bridgehead atoms. The average molecular weight is 262 g/mol. The second-order valence-corrected chi connectivity index (χ2v) is 4.29. The van der Waals surface area contributed by atoms with Crippen LogP contribution in [0.5, 0.6) is 0 Å². The molecule has 0 spiro atoms. The van der Waals surface area contributed by atoms with E-state index in [0.29, 0.717) is 20.0 Å². The van der Waals surface area contributed by atoms with Crippen LogP contribution in [0.3, 0.4) is 0 Å². The quantitative estimate of drug-likeness (QED) is 0.400. The maximum atomic E-state index is 9.39. The van der Waals surface area contributed by atoms with Crippen molar-refractivity contribution in [2.75, 3.05) is 13.4 Å². The molecule has 1 N–H and O–H groups in total. The van der Waals surface area contributed by atoms with Gasteiger partial charge < -0.3 is 14.6 Å². The first-order chi connectivity index (χ1) is 9.33. The minimum Gasteiger partial charge on any atom is -0.388 e. The summed E-state index contributed by atoms with van der Waals surface area (Å²) >= 11 is 0. The summed E-state index contributed by atoms with van der Waals surface area (Å²) in [6.45, 7) is 4.96. The summed E-state index contributed by atoms with van der Waals surface area (Å²) in [7, 11) is 0. The lowest BCUT2D eigenvalue weighted by atomic mass is 10.1. The zero-order valence-electron chi connectivity index (χ0n) is 11.3. The Hall–Kier alpha value is -1.38. The van der Waals surface area contributed by atoms with E-state index in [4.69, 9.17) is 9.47 Å². The highest BCUT2D eigenvalue weighted by atomic mass is 16.7. The van der Waals surface area contributed by atoms with Gasteiger partial charge in [0.25, 0.3) is 0 Å². The van der Waals surface area contributed by atoms with Gasteiger partial charge in [0, 0.05) is 6.61 Å². The predicted octanol–water partition coefficient (Wildman–Crippen LogP) is 3.05. The third kappa shape index (κ3) is 8.36. The van der Waals surface area contributed by atoms with E-state index in [9.17, 15) is 5.11 Å². The summed E-state index contributed by atoms with van der Waals surface area (Å²) in [5, 5.41) is 9.39. The van der Waals surface area contributed by atoms with E-state index < -0.39 is 6.10 Å². The Morgan fingerprint density at radius 3 is 2.74 bits per heavy atom. The Labute approximate surface area is 115 Å². The fourth-order valence-corrected chi connectivity index (χ4v) is 1.63. The van der Waals surface area contributed by atoms with Gasteiger partial charge in [-0.15, -0.1) is 5.73 Å². The zero-order valence-corrected chi connectivity index (χ0v) is 11.3. The van der Waals surface area contributed by atoms with E-state index in [1.807, 2.05) is 30.3 Å². The van der Waals surface area contributed by atoms with Crippen molar-refractivity contribution in [1.29, 1.82) is 0 Å². The Morgan fingerprint density at radius 1 is 1.21 bits per heavy atom. The van der Waals surface area contributed by atoms with Gasteiger partial charge in [-0.3, -0.25) is 0 Å². The molecule has 104 valence electrons. The van der Waals surface area contributed by atoms with E-state index in [0.717, 1.165) is 24.8 Å². The second-order valence-electron chi connectivity index (χ2n) is 4.29. The van der Waals surface area contributed by atoms with Gasteiger partial charge in [0.2, 0.25) is 0 Å². The van der Waals surface area contributed by atoms with Crippen LogP contribution >= 0.6 is 0 Å². The molecular formula is C16H22O3.